The van der Waals surface area contributed by atoms with Gasteiger partial charge in [-0.1, -0.05) is 17.7 Å². The second-order valence-corrected chi connectivity index (χ2v) is 8.76. The van der Waals surface area contributed by atoms with Crippen LogP contribution in [0.5, 0.6) is 0 Å². The van der Waals surface area contributed by atoms with Gasteiger partial charge < -0.3 is 15.2 Å². The largest absolute Gasteiger partial charge is 0.361 e. The van der Waals surface area contributed by atoms with Crippen molar-refractivity contribution in [3.8, 4) is 0 Å². The number of H-pyrrole nitrogens is 1. The van der Waals surface area contributed by atoms with Gasteiger partial charge in [0.1, 0.15) is 0 Å². The minimum absolute atomic E-state index is 0.0435. The van der Waals surface area contributed by atoms with Gasteiger partial charge in [0, 0.05) is 47.3 Å². The lowest BCUT2D eigenvalue weighted by molar-refractivity contribution is -0.128. The predicted molar refractivity (Wildman–Crippen MR) is 119 cm³/mol. The van der Waals surface area contributed by atoms with Crippen LogP contribution in [-0.4, -0.2) is 34.8 Å². The van der Waals surface area contributed by atoms with Crippen LogP contribution in [-0.2, 0) is 28.9 Å². The molecule has 30 heavy (non-hydrogen) atoms. The number of amides is 2. The molecule has 0 spiro atoms. The lowest BCUT2D eigenvalue weighted by Gasteiger charge is -2.16. The van der Waals surface area contributed by atoms with Crippen molar-refractivity contribution in [2.75, 3.05) is 18.4 Å². The summed E-state index contributed by atoms with van der Waals surface area (Å²) in [4.78, 5) is 30.3. The molecule has 154 valence electrons. The molecule has 2 heterocycles. The van der Waals surface area contributed by atoms with Crippen molar-refractivity contribution in [1.29, 1.82) is 0 Å². The molecule has 0 saturated carbocycles. The Balaban J connectivity index is 1.21. The van der Waals surface area contributed by atoms with Gasteiger partial charge in [-0.25, -0.2) is 0 Å². The van der Waals surface area contributed by atoms with Crippen molar-refractivity contribution >= 4 is 40.0 Å². The zero-order chi connectivity index (χ0) is 20.7. The van der Waals surface area contributed by atoms with Gasteiger partial charge in [0.2, 0.25) is 11.8 Å². The van der Waals surface area contributed by atoms with E-state index in [1.54, 1.807) is 4.90 Å². The van der Waals surface area contributed by atoms with E-state index in [0.717, 1.165) is 41.4 Å². The standard InChI is InChI=1S/C24H24ClN3O2/c25-19-5-7-22-21(12-19)17(13-26-22)8-9-28-14-18(11-23(28)29)24(30)27-20-6-4-15-2-1-3-16(15)10-20/h4-7,10,12-13,18,26H,1-3,8-9,11,14H2,(H,27,30)/t18-/m1/s1. The maximum absolute atomic E-state index is 12.7. The average molecular weight is 422 g/mol. The molecular formula is C24H24ClN3O2. The second-order valence-electron chi connectivity index (χ2n) is 8.32. The van der Waals surface area contributed by atoms with Crippen LogP contribution in [0.3, 0.4) is 0 Å². The van der Waals surface area contributed by atoms with Gasteiger partial charge in [0.15, 0.2) is 0 Å². The number of aryl methyl sites for hydroxylation is 2. The number of rotatable bonds is 5. The number of anilines is 1. The van der Waals surface area contributed by atoms with Gasteiger partial charge in [-0.3, -0.25) is 9.59 Å². The van der Waals surface area contributed by atoms with Gasteiger partial charge in [-0.15, -0.1) is 0 Å². The smallest absolute Gasteiger partial charge is 0.229 e. The predicted octanol–water partition coefficient (Wildman–Crippen LogP) is 4.34. The van der Waals surface area contributed by atoms with E-state index in [2.05, 4.69) is 22.4 Å². The molecule has 1 fully saturated rings. The van der Waals surface area contributed by atoms with E-state index < -0.39 is 0 Å². The molecule has 2 N–H and O–H groups in total. The fourth-order valence-corrected chi connectivity index (χ4v) is 4.84. The van der Waals surface area contributed by atoms with E-state index in [9.17, 15) is 9.59 Å². The zero-order valence-corrected chi connectivity index (χ0v) is 17.5. The first-order valence-corrected chi connectivity index (χ1v) is 10.9. The summed E-state index contributed by atoms with van der Waals surface area (Å²) in [5, 5.41) is 4.80. The third kappa shape index (κ3) is 3.70. The van der Waals surface area contributed by atoms with Gasteiger partial charge in [0.05, 0.1) is 5.92 Å². The Kier molecular flexibility index (Phi) is 4.99. The minimum atomic E-state index is -0.303. The highest BCUT2D eigenvalue weighted by molar-refractivity contribution is 6.31. The minimum Gasteiger partial charge on any atom is -0.361 e. The summed E-state index contributed by atoms with van der Waals surface area (Å²) >= 11 is 6.13. The highest BCUT2D eigenvalue weighted by Gasteiger charge is 2.34. The van der Waals surface area contributed by atoms with E-state index >= 15 is 0 Å². The summed E-state index contributed by atoms with van der Waals surface area (Å²) in [5.74, 6) is -0.326. The average Bonchev–Trinajstić information content (AvgIpc) is 3.44. The van der Waals surface area contributed by atoms with Crippen molar-refractivity contribution in [2.24, 2.45) is 5.92 Å². The van der Waals surface area contributed by atoms with Gasteiger partial charge in [-0.2, -0.15) is 0 Å². The molecule has 3 aromatic rings. The van der Waals surface area contributed by atoms with Crippen LogP contribution in [0.2, 0.25) is 5.02 Å². The van der Waals surface area contributed by atoms with E-state index in [0.29, 0.717) is 18.1 Å². The maximum Gasteiger partial charge on any atom is 0.229 e. The lowest BCUT2D eigenvalue weighted by atomic mass is 10.1. The summed E-state index contributed by atoms with van der Waals surface area (Å²) in [5.41, 5.74) is 5.71. The molecule has 6 heteroatoms. The first kappa shape index (κ1) is 19.2. The molecule has 1 aromatic heterocycles. The highest BCUT2D eigenvalue weighted by atomic mass is 35.5. The first-order chi connectivity index (χ1) is 14.6. The van der Waals surface area contributed by atoms with Crippen LogP contribution in [0.1, 0.15) is 29.5 Å². The number of aromatic nitrogens is 1. The normalized spacial score (nSPS) is 18.2. The van der Waals surface area contributed by atoms with Crippen molar-refractivity contribution in [2.45, 2.75) is 32.1 Å². The molecule has 1 saturated heterocycles. The fraction of sp³-hybridized carbons (Fsp3) is 0.333. The fourth-order valence-electron chi connectivity index (χ4n) is 4.67. The number of benzene rings is 2. The number of nitrogens with zero attached hydrogens (tertiary/aromatic N) is 1. The molecule has 0 bridgehead atoms. The third-order valence-electron chi connectivity index (χ3n) is 6.33. The Bertz CT molecular complexity index is 1140. The molecule has 5 rings (SSSR count). The SMILES string of the molecule is O=C(Nc1ccc2c(c1)CCC2)[C@@H]1CC(=O)N(CCc2c[nH]c3ccc(Cl)cc23)C1. The summed E-state index contributed by atoms with van der Waals surface area (Å²) < 4.78 is 0. The topological polar surface area (TPSA) is 65.2 Å². The quantitative estimate of drug-likeness (QED) is 0.643. The van der Waals surface area contributed by atoms with Crippen LogP contribution in [0.25, 0.3) is 10.9 Å². The zero-order valence-electron chi connectivity index (χ0n) is 16.7. The van der Waals surface area contributed by atoms with Crippen LogP contribution in [0, 0.1) is 5.92 Å². The Hall–Kier alpha value is -2.79. The number of hydrogen-bond donors (Lipinski definition) is 2. The first-order valence-electron chi connectivity index (χ1n) is 10.5. The van der Waals surface area contributed by atoms with Crippen molar-refractivity contribution in [1.82, 2.24) is 9.88 Å². The number of carbonyl (C=O) groups is 2. The summed E-state index contributed by atoms with van der Waals surface area (Å²) in [6.45, 7) is 1.07. The number of hydrogen-bond acceptors (Lipinski definition) is 2. The number of carbonyl (C=O) groups excluding carboxylic acids is 2. The molecule has 2 amide bonds. The van der Waals surface area contributed by atoms with Gasteiger partial charge in [-0.05, 0) is 72.7 Å². The van der Waals surface area contributed by atoms with E-state index in [-0.39, 0.29) is 24.2 Å². The van der Waals surface area contributed by atoms with Crippen LogP contribution < -0.4 is 5.32 Å². The van der Waals surface area contributed by atoms with Crippen LogP contribution in [0.4, 0.5) is 5.69 Å². The third-order valence-corrected chi connectivity index (χ3v) is 6.57. The number of fused-ring (bicyclic) bond motifs is 2. The Morgan fingerprint density at radius 1 is 1.17 bits per heavy atom. The molecule has 1 atom stereocenters. The molecule has 0 unspecified atom stereocenters. The molecule has 0 radical (unpaired) electrons. The monoisotopic (exact) mass is 421 g/mol. The number of halogens is 1. The van der Waals surface area contributed by atoms with E-state index in [1.807, 2.05) is 30.5 Å². The molecule has 2 aromatic carbocycles. The van der Waals surface area contributed by atoms with Crippen molar-refractivity contribution in [3.05, 3.63) is 64.3 Å². The van der Waals surface area contributed by atoms with Gasteiger partial charge in [0.25, 0.3) is 0 Å². The molecule has 1 aliphatic carbocycles. The second kappa shape index (κ2) is 7.80. The van der Waals surface area contributed by atoms with Crippen LogP contribution in [0.15, 0.2) is 42.6 Å². The van der Waals surface area contributed by atoms with Gasteiger partial charge >= 0.3 is 0 Å². The van der Waals surface area contributed by atoms with Crippen molar-refractivity contribution < 1.29 is 9.59 Å². The summed E-state index contributed by atoms with van der Waals surface area (Å²) in [6.07, 6.45) is 6.36. The molecular weight excluding hydrogens is 398 g/mol. The summed E-state index contributed by atoms with van der Waals surface area (Å²) in [6, 6.07) is 11.9. The molecule has 1 aliphatic heterocycles. The molecule has 2 aliphatic rings. The highest BCUT2D eigenvalue weighted by Crippen LogP contribution is 2.27. The lowest BCUT2D eigenvalue weighted by Crippen LogP contribution is -2.30. The van der Waals surface area contributed by atoms with E-state index in [1.165, 1.54) is 17.5 Å². The Morgan fingerprint density at radius 2 is 2.03 bits per heavy atom. The number of aromatic amines is 1. The van der Waals surface area contributed by atoms with E-state index in [4.69, 9.17) is 11.6 Å². The van der Waals surface area contributed by atoms with Crippen LogP contribution >= 0.6 is 11.6 Å². The number of likely N-dealkylation sites (tertiary alicyclic amines) is 1. The number of nitrogens with one attached hydrogen (secondary N) is 2. The molecule has 5 nitrogen and oxygen atoms in total. The Labute approximate surface area is 180 Å². The van der Waals surface area contributed by atoms with Crippen molar-refractivity contribution in [3.63, 3.8) is 0 Å². The summed E-state index contributed by atoms with van der Waals surface area (Å²) in [7, 11) is 0. The Morgan fingerprint density at radius 3 is 2.93 bits per heavy atom. The maximum atomic E-state index is 12.7.